The van der Waals surface area contributed by atoms with Crippen molar-refractivity contribution in [2.75, 3.05) is 15.9 Å². The fourth-order valence-electron chi connectivity index (χ4n) is 2.45. The molecule has 0 bridgehead atoms. The zero-order valence-corrected chi connectivity index (χ0v) is 15.4. The van der Waals surface area contributed by atoms with Crippen molar-refractivity contribution in [3.8, 4) is 0 Å². The molecule has 1 amide bonds. The number of nitrogens with zero attached hydrogens (tertiary/aromatic N) is 1. The van der Waals surface area contributed by atoms with E-state index in [9.17, 15) is 17.6 Å². The molecule has 0 aliphatic heterocycles. The number of sulfonamides is 1. The van der Waals surface area contributed by atoms with Crippen molar-refractivity contribution < 1.29 is 17.6 Å². The number of halogens is 1. The standard InChI is InChI=1S/C18H21FN2O3S/c1-12-5-10-17(11-13(12)2)21(25(4,23)24)14(3)18(22)20-16-8-6-15(19)7-9-16/h5-11,14H,1-4H3,(H,20,22)/t14-/m0/s1. The topological polar surface area (TPSA) is 66.5 Å². The van der Waals surface area contributed by atoms with Crippen LogP contribution in [-0.2, 0) is 14.8 Å². The number of carbonyl (C=O) groups excluding carboxylic acids is 1. The van der Waals surface area contributed by atoms with Crippen molar-refractivity contribution in [2.24, 2.45) is 0 Å². The van der Waals surface area contributed by atoms with Gasteiger partial charge in [-0.3, -0.25) is 9.10 Å². The minimum atomic E-state index is -3.68. The second kappa shape index (κ2) is 7.23. The van der Waals surface area contributed by atoms with Crippen molar-refractivity contribution in [3.05, 3.63) is 59.4 Å². The van der Waals surface area contributed by atoms with E-state index in [1.807, 2.05) is 19.9 Å². The molecule has 0 unspecified atom stereocenters. The number of nitrogens with one attached hydrogen (secondary N) is 1. The predicted molar refractivity (Wildman–Crippen MR) is 97.7 cm³/mol. The molecule has 1 N–H and O–H groups in total. The van der Waals surface area contributed by atoms with E-state index in [1.165, 1.54) is 31.2 Å². The molecular formula is C18H21FN2O3S. The van der Waals surface area contributed by atoms with Crippen molar-refractivity contribution in [1.82, 2.24) is 0 Å². The summed E-state index contributed by atoms with van der Waals surface area (Å²) >= 11 is 0. The smallest absolute Gasteiger partial charge is 0.247 e. The second-order valence-electron chi connectivity index (χ2n) is 6.00. The molecule has 0 fully saturated rings. The maximum absolute atomic E-state index is 13.0. The van der Waals surface area contributed by atoms with Gasteiger partial charge >= 0.3 is 0 Å². The third-order valence-electron chi connectivity index (χ3n) is 3.95. The highest BCUT2D eigenvalue weighted by Gasteiger charge is 2.29. The highest BCUT2D eigenvalue weighted by molar-refractivity contribution is 7.92. The van der Waals surface area contributed by atoms with E-state index in [2.05, 4.69) is 5.32 Å². The van der Waals surface area contributed by atoms with Gasteiger partial charge in [0.15, 0.2) is 0 Å². The molecule has 0 heterocycles. The molecule has 0 spiro atoms. The lowest BCUT2D eigenvalue weighted by Gasteiger charge is -2.28. The number of hydrogen-bond acceptors (Lipinski definition) is 3. The number of aryl methyl sites for hydroxylation is 2. The molecular weight excluding hydrogens is 343 g/mol. The van der Waals surface area contributed by atoms with Gasteiger partial charge in [-0.15, -0.1) is 0 Å². The predicted octanol–water partition coefficient (Wildman–Crippen LogP) is 3.24. The number of carbonyl (C=O) groups is 1. The van der Waals surface area contributed by atoms with Crippen molar-refractivity contribution >= 4 is 27.3 Å². The Kier molecular flexibility index (Phi) is 5.47. The first-order valence-corrected chi connectivity index (χ1v) is 9.57. The molecule has 2 rings (SSSR count). The molecule has 2 aromatic carbocycles. The van der Waals surface area contributed by atoms with Gasteiger partial charge in [-0.2, -0.15) is 0 Å². The summed E-state index contributed by atoms with van der Waals surface area (Å²) < 4.78 is 38.6. The van der Waals surface area contributed by atoms with Crippen LogP contribution in [0.5, 0.6) is 0 Å². The van der Waals surface area contributed by atoms with Gasteiger partial charge in [0.05, 0.1) is 11.9 Å². The van der Waals surface area contributed by atoms with Gasteiger partial charge in [0.25, 0.3) is 0 Å². The average molecular weight is 364 g/mol. The van der Waals surface area contributed by atoms with Gasteiger partial charge in [0.1, 0.15) is 11.9 Å². The van der Waals surface area contributed by atoms with E-state index in [4.69, 9.17) is 0 Å². The quantitative estimate of drug-likeness (QED) is 0.886. The van der Waals surface area contributed by atoms with E-state index >= 15 is 0 Å². The number of amides is 1. The average Bonchev–Trinajstić information content (AvgIpc) is 2.51. The maximum atomic E-state index is 13.0. The molecule has 1 atom stereocenters. The Morgan fingerprint density at radius 3 is 2.20 bits per heavy atom. The van der Waals surface area contributed by atoms with E-state index in [0.717, 1.165) is 21.7 Å². The van der Waals surface area contributed by atoms with Gasteiger partial charge in [-0.05, 0) is 68.3 Å². The first kappa shape index (κ1) is 18.9. The number of hydrogen-bond donors (Lipinski definition) is 1. The lowest BCUT2D eigenvalue weighted by Crippen LogP contribution is -2.45. The molecule has 0 aliphatic rings. The monoisotopic (exact) mass is 364 g/mol. The number of benzene rings is 2. The Bertz CT molecular complexity index is 880. The van der Waals surface area contributed by atoms with Crippen LogP contribution in [0, 0.1) is 19.7 Å². The van der Waals surface area contributed by atoms with Crippen molar-refractivity contribution in [2.45, 2.75) is 26.8 Å². The highest BCUT2D eigenvalue weighted by atomic mass is 32.2. The Hall–Kier alpha value is -2.41. The minimum Gasteiger partial charge on any atom is -0.324 e. The molecule has 134 valence electrons. The van der Waals surface area contributed by atoms with Crippen LogP contribution in [0.25, 0.3) is 0 Å². The number of rotatable bonds is 5. The summed E-state index contributed by atoms with van der Waals surface area (Å²) in [7, 11) is -3.68. The first-order valence-electron chi connectivity index (χ1n) is 7.72. The molecule has 0 saturated heterocycles. The van der Waals surface area contributed by atoms with E-state index < -0.39 is 27.8 Å². The lowest BCUT2D eigenvalue weighted by molar-refractivity contribution is -0.116. The Morgan fingerprint density at radius 2 is 1.68 bits per heavy atom. The molecule has 25 heavy (non-hydrogen) atoms. The van der Waals surface area contributed by atoms with Crippen LogP contribution < -0.4 is 9.62 Å². The Balaban J connectivity index is 2.32. The summed E-state index contributed by atoms with van der Waals surface area (Å²) in [6.07, 6.45) is 1.06. The highest BCUT2D eigenvalue weighted by Crippen LogP contribution is 2.24. The zero-order chi connectivity index (χ0) is 18.8. The van der Waals surface area contributed by atoms with Crippen LogP contribution in [0.15, 0.2) is 42.5 Å². The fourth-order valence-corrected chi connectivity index (χ4v) is 3.62. The Labute approximate surface area is 147 Å². The third kappa shape index (κ3) is 4.57. The molecule has 5 nitrogen and oxygen atoms in total. The normalized spacial score (nSPS) is 12.5. The van der Waals surface area contributed by atoms with Gasteiger partial charge < -0.3 is 5.32 Å². The van der Waals surface area contributed by atoms with E-state index in [1.54, 1.807) is 12.1 Å². The van der Waals surface area contributed by atoms with Crippen LogP contribution in [-0.4, -0.2) is 26.6 Å². The lowest BCUT2D eigenvalue weighted by atomic mass is 10.1. The summed E-state index contributed by atoms with van der Waals surface area (Å²) in [5, 5.41) is 2.61. The maximum Gasteiger partial charge on any atom is 0.247 e. The Morgan fingerprint density at radius 1 is 1.08 bits per heavy atom. The molecule has 0 radical (unpaired) electrons. The van der Waals surface area contributed by atoms with Crippen LogP contribution in [0.2, 0.25) is 0 Å². The summed E-state index contributed by atoms with van der Waals surface area (Å²) in [5.41, 5.74) is 2.78. The van der Waals surface area contributed by atoms with Gasteiger partial charge in [0.2, 0.25) is 15.9 Å². The summed E-state index contributed by atoms with van der Waals surface area (Å²) in [4.78, 5) is 12.5. The van der Waals surface area contributed by atoms with Crippen molar-refractivity contribution in [1.29, 1.82) is 0 Å². The first-order chi connectivity index (χ1) is 11.6. The fraction of sp³-hybridized carbons (Fsp3) is 0.278. The van der Waals surface area contributed by atoms with Crippen LogP contribution in [0.1, 0.15) is 18.1 Å². The van der Waals surface area contributed by atoms with E-state index in [-0.39, 0.29) is 0 Å². The zero-order valence-electron chi connectivity index (χ0n) is 14.6. The molecule has 0 aliphatic carbocycles. The third-order valence-corrected chi connectivity index (χ3v) is 5.19. The summed E-state index contributed by atoms with van der Waals surface area (Å²) in [5.74, 6) is -0.922. The van der Waals surface area contributed by atoms with Crippen LogP contribution in [0.3, 0.4) is 0 Å². The van der Waals surface area contributed by atoms with Gasteiger partial charge in [0, 0.05) is 5.69 Å². The molecule has 2 aromatic rings. The van der Waals surface area contributed by atoms with Crippen molar-refractivity contribution in [3.63, 3.8) is 0 Å². The summed E-state index contributed by atoms with van der Waals surface area (Å²) in [6, 6.07) is 9.52. The van der Waals surface area contributed by atoms with Crippen LogP contribution >= 0.6 is 0 Å². The van der Waals surface area contributed by atoms with Gasteiger partial charge in [-0.1, -0.05) is 6.07 Å². The van der Waals surface area contributed by atoms with Crippen LogP contribution in [0.4, 0.5) is 15.8 Å². The molecule has 0 aromatic heterocycles. The second-order valence-corrected chi connectivity index (χ2v) is 7.86. The largest absolute Gasteiger partial charge is 0.324 e. The molecule has 0 saturated carbocycles. The van der Waals surface area contributed by atoms with Gasteiger partial charge in [-0.25, -0.2) is 12.8 Å². The summed E-state index contributed by atoms with van der Waals surface area (Å²) in [6.45, 7) is 5.31. The minimum absolute atomic E-state index is 0.395. The van der Waals surface area contributed by atoms with E-state index in [0.29, 0.717) is 11.4 Å². The SMILES string of the molecule is Cc1ccc(N([C@@H](C)C(=O)Nc2ccc(F)cc2)S(C)(=O)=O)cc1C. The molecule has 7 heteroatoms. The number of anilines is 2.